The van der Waals surface area contributed by atoms with Gasteiger partial charge in [0, 0.05) is 0 Å². The summed E-state index contributed by atoms with van der Waals surface area (Å²) in [6, 6.07) is 0. The molecule has 1 unspecified atom stereocenters. The van der Waals surface area contributed by atoms with E-state index in [0.29, 0.717) is 5.71 Å². The van der Waals surface area contributed by atoms with Crippen LogP contribution in [0.2, 0.25) is 0 Å². The van der Waals surface area contributed by atoms with Crippen LogP contribution in [0.4, 0.5) is 0 Å². The fourth-order valence-corrected chi connectivity index (χ4v) is 1.28. The van der Waals surface area contributed by atoms with Gasteiger partial charge in [-0.05, 0) is 6.08 Å². The van der Waals surface area contributed by atoms with Crippen LogP contribution in [0.5, 0.6) is 0 Å². The standard InChI is InChI=1S/C8H5NO4/c10-7(11)4-2-1-3-5-6(4)8(12)13-9-5/h1-3,6H,(H,10,11). The molecular formula is C8H5NO4. The number of carboxylic acid groups (broad SMARTS) is 1. The maximum atomic E-state index is 11.0. The number of aliphatic carboxylic acids is 1. The lowest BCUT2D eigenvalue weighted by Gasteiger charge is -2.09. The van der Waals surface area contributed by atoms with E-state index >= 15 is 0 Å². The van der Waals surface area contributed by atoms with Crippen molar-refractivity contribution in [1.82, 2.24) is 0 Å². The lowest BCUT2D eigenvalue weighted by Crippen LogP contribution is -2.25. The number of carbonyl (C=O) groups excluding carboxylic acids is 1. The van der Waals surface area contributed by atoms with E-state index in [1.165, 1.54) is 12.2 Å². The molecule has 0 saturated heterocycles. The molecule has 0 saturated carbocycles. The Morgan fingerprint density at radius 3 is 3.08 bits per heavy atom. The van der Waals surface area contributed by atoms with E-state index in [0.717, 1.165) is 0 Å². The monoisotopic (exact) mass is 179 g/mol. The second-order valence-electron chi connectivity index (χ2n) is 2.65. The van der Waals surface area contributed by atoms with E-state index in [1.54, 1.807) is 6.08 Å². The molecule has 1 atom stereocenters. The van der Waals surface area contributed by atoms with E-state index in [9.17, 15) is 9.59 Å². The average Bonchev–Trinajstić information content (AvgIpc) is 2.48. The maximum Gasteiger partial charge on any atom is 0.348 e. The Kier molecular flexibility index (Phi) is 1.51. The minimum absolute atomic E-state index is 0.00347. The SMILES string of the molecule is O=C(O)C1=CC=CC2=NOC(=O)C12. The molecule has 0 radical (unpaired) electrons. The van der Waals surface area contributed by atoms with Crippen LogP contribution in [-0.2, 0) is 14.4 Å². The first-order valence-electron chi connectivity index (χ1n) is 3.60. The molecular weight excluding hydrogens is 174 g/mol. The van der Waals surface area contributed by atoms with Gasteiger partial charge in [-0.25, -0.2) is 9.59 Å². The first kappa shape index (κ1) is 7.72. The molecule has 1 aliphatic heterocycles. The molecule has 2 rings (SSSR count). The third kappa shape index (κ3) is 1.05. The fraction of sp³-hybridized carbons (Fsp3) is 0.125. The first-order valence-corrected chi connectivity index (χ1v) is 3.60. The van der Waals surface area contributed by atoms with Crippen LogP contribution in [0, 0.1) is 5.92 Å². The zero-order chi connectivity index (χ0) is 9.42. The van der Waals surface area contributed by atoms with Crippen molar-refractivity contribution in [3.8, 4) is 0 Å². The van der Waals surface area contributed by atoms with Crippen molar-refractivity contribution in [2.75, 3.05) is 0 Å². The predicted octanol–water partition coefficient (Wildman–Crippen LogP) is 0.0962. The topological polar surface area (TPSA) is 76.0 Å². The van der Waals surface area contributed by atoms with Crippen molar-refractivity contribution in [2.45, 2.75) is 0 Å². The largest absolute Gasteiger partial charge is 0.478 e. The van der Waals surface area contributed by atoms with Gasteiger partial charge in [-0.3, -0.25) is 0 Å². The highest BCUT2D eigenvalue weighted by Crippen LogP contribution is 2.24. The lowest BCUT2D eigenvalue weighted by atomic mass is 9.90. The van der Waals surface area contributed by atoms with E-state index in [4.69, 9.17) is 5.11 Å². The molecule has 13 heavy (non-hydrogen) atoms. The van der Waals surface area contributed by atoms with Gasteiger partial charge in [-0.2, -0.15) is 0 Å². The van der Waals surface area contributed by atoms with Crippen molar-refractivity contribution in [2.24, 2.45) is 11.1 Å². The van der Waals surface area contributed by atoms with Crippen LogP contribution < -0.4 is 0 Å². The highest BCUT2D eigenvalue weighted by Gasteiger charge is 2.38. The Morgan fingerprint density at radius 2 is 2.38 bits per heavy atom. The van der Waals surface area contributed by atoms with Crippen LogP contribution >= 0.6 is 0 Å². The molecule has 0 aromatic heterocycles. The van der Waals surface area contributed by atoms with Crippen molar-refractivity contribution in [3.05, 3.63) is 23.8 Å². The van der Waals surface area contributed by atoms with Gasteiger partial charge < -0.3 is 9.94 Å². The Labute approximate surface area is 73.0 Å². The number of fused-ring (bicyclic) bond motifs is 1. The molecule has 66 valence electrons. The summed E-state index contributed by atoms with van der Waals surface area (Å²) in [7, 11) is 0. The zero-order valence-electron chi connectivity index (χ0n) is 6.43. The van der Waals surface area contributed by atoms with Gasteiger partial charge in [0.15, 0.2) is 0 Å². The molecule has 0 aromatic rings. The number of nitrogens with zero attached hydrogens (tertiary/aromatic N) is 1. The van der Waals surface area contributed by atoms with Gasteiger partial charge in [-0.15, -0.1) is 0 Å². The Balaban J connectivity index is 2.44. The summed E-state index contributed by atoms with van der Waals surface area (Å²) >= 11 is 0. The molecule has 0 spiro atoms. The summed E-state index contributed by atoms with van der Waals surface area (Å²) in [4.78, 5) is 26.1. The number of hydrogen-bond donors (Lipinski definition) is 1. The van der Waals surface area contributed by atoms with E-state index in [1.807, 2.05) is 0 Å². The van der Waals surface area contributed by atoms with Crippen LogP contribution in [0.3, 0.4) is 0 Å². The second kappa shape index (κ2) is 2.55. The third-order valence-electron chi connectivity index (χ3n) is 1.87. The number of allylic oxidation sites excluding steroid dienone is 3. The Hall–Kier alpha value is -1.91. The second-order valence-corrected chi connectivity index (χ2v) is 2.65. The molecule has 1 aliphatic carbocycles. The molecule has 0 amide bonds. The number of rotatable bonds is 1. The van der Waals surface area contributed by atoms with Crippen LogP contribution in [0.1, 0.15) is 0 Å². The van der Waals surface area contributed by atoms with Gasteiger partial charge in [-0.1, -0.05) is 17.3 Å². The van der Waals surface area contributed by atoms with Crippen LogP contribution in [-0.4, -0.2) is 22.8 Å². The smallest absolute Gasteiger partial charge is 0.348 e. The molecule has 1 heterocycles. The summed E-state index contributed by atoms with van der Waals surface area (Å²) in [5.74, 6) is -2.60. The molecule has 0 fully saturated rings. The summed E-state index contributed by atoms with van der Waals surface area (Å²) in [5.41, 5.74) is 0.355. The maximum absolute atomic E-state index is 11.0. The van der Waals surface area contributed by atoms with Crippen molar-refractivity contribution >= 4 is 17.7 Å². The van der Waals surface area contributed by atoms with Gasteiger partial charge in [0.2, 0.25) is 0 Å². The van der Waals surface area contributed by atoms with Crippen molar-refractivity contribution in [1.29, 1.82) is 0 Å². The molecule has 0 aromatic carbocycles. The molecule has 1 N–H and O–H groups in total. The Bertz CT molecular complexity index is 378. The number of oxime groups is 1. The highest BCUT2D eigenvalue weighted by atomic mass is 16.7. The summed E-state index contributed by atoms with van der Waals surface area (Å²) < 4.78 is 0. The summed E-state index contributed by atoms with van der Waals surface area (Å²) in [6.45, 7) is 0. The Morgan fingerprint density at radius 1 is 1.62 bits per heavy atom. The highest BCUT2D eigenvalue weighted by molar-refractivity contribution is 6.18. The first-order chi connectivity index (χ1) is 6.20. The average molecular weight is 179 g/mol. The van der Waals surface area contributed by atoms with Crippen LogP contribution in [0.25, 0.3) is 0 Å². The molecule has 2 aliphatic rings. The number of hydrogen-bond acceptors (Lipinski definition) is 4. The van der Waals surface area contributed by atoms with E-state index in [-0.39, 0.29) is 5.57 Å². The van der Waals surface area contributed by atoms with Gasteiger partial charge in [0.05, 0.1) is 11.3 Å². The third-order valence-corrected chi connectivity index (χ3v) is 1.87. The minimum Gasteiger partial charge on any atom is -0.478 e. The van der Waals surface area contributed by atoms with Gasteiger partial charge >= 0.3 is 11.9 Å². The van der Waals surface area contributed by atoms with Gasteiger partial charge in [0.1, 0.15) is 5.92 Å². The van der Waals surface area contributed by atoms with Gasteiger partial charge in [0.25, 0.3) is 0 Å². The lowest BCUT2D eigenvalue weighted by molar-refractivity contribution is -0.144. The van der Waals surface area contributed by atoms with Crippen LogP contribution in [0.15, 0.2) is 29.0 Å². The summed E-state index contributed by atoms with van der Waals surface area (Å²) in [6.07, 6.45) is 4.46. The predicted molar refractivity (Wildman–Crippen MR) is 41.9 cm³/mol. The molecule has 5 heteroatoms. The van der Waals surface area contributed by atoms with E-state index in [2.05, 4.69) is 9.99 Å². The fourth-order valence-electron chi connectivity index (χ4n) is 1.28. The number of carbonyl (C=O) groups is 2. The number of carboxylic acids is 1. The normalized spacial score (nSPS) is 24.6. The zero-order valence-corrected chi connectivity index (χ0v) is 6.43. The van der Waals surface area contributed by atoms with Crippen molar-refractivity contribution in [3.63, 3.8) is 0 Å². The summed E-state index contributed by atoms with van der Waals surface area (Å²) in [5, 5.41) is 12.2. The quantitative estimate of drug-likeness (QED) is 0.579. The van der Waals surface area contributed by atoms with Crippen molar-refractivity contribution < 1.29 is 19.5 Å². The minimum atomic E-state index is -1.12. The van der Waals surface area contributed by atoms with E-state index < -0.39 is 17.9 Å². The molecule has 0 bridgehead atoms. The molecule has 5 nitrogen and oxygen atoms in total.